The molecule has 1 aromatic rings. The molecule has 1 aromatic heterocycles. The number of nitrogens with one attached hydrogen (secondary N) is 2. The number of hydrogen-bond acceptors (Lipinski definition) is 6. The number of amides is 1. The number of carbonyl (C=O) groups is 1. The fourth-order valence-electron chi connectivity index (χ4n) is 1.01. The lowest BCUT2D eigenvalue weighted by molar-refractivity contribution is 0.0950. The SMILES string of the molecule is CS(=O)(=O)NCCNC(=O)c1csc(CN)n1. The van der Waals surface area contributed by atoms with Crippen LogP contribution in [-0.4, -0.2) is 38.7 Å². The third kappa shape index (κ3) is 5.22. The van der Waals surface area contributed by atoms with Crippen LogP contribution in [0.5, 0.6) is 0 Å². The van der Waals surface area contributed by atoms with E-state index in [2.05, 4.69) is 15.0 Å². The summed E-state index contributed by atoms with van der Waals surface area (Å²) in [6, 6.07) is 0. The standard InChI is InChI=1S/C8H14N4O3S2/c1-17(14,15)11-3-2-10-8(13)6-5-16-7(4-9)12-6/h5,11H,2-4,9H2,1H3,(H,10,13). The molecule has 0 aliphatic carbocycles. The van der Waals surface area contributed by atoms with Crippen LogP contribution in [0.1, 0.15) is 15.5 Å². The van der Waals surface area contributed by atoms with E-state index in [-0.39, 0.29) is 19.0 Å². The van der Waals surface area contributed by atoms with Crippen LogP contribution in [0.2, 0.25) is 0 Å². The normalized spacial score (nSPS) is 11.4. The van der Waals surface area contributed by atoms with Gasteiger partial charge in [0.25, 0.3) is 5.91 Å². The Morgan fingerprint density at radius 1 is 1.53 bits per heavy atom. The van der Waals surface area contributed by atoms with E-state index in [1.807, 2.05) is 0 Å². The maximum Gasteiger partial charge on any atom is 0.270 e. The Balaban J connectivity index is 2.35. The number of aromatic nitrogens is 1. The van der Waals surface area contributed by atoms with Crippen molar-refractivity contribution >= 4 is 27.3 Å². The van der Waals surface area contributed by atoms with Gasteiger partial charge in [0, 0.05) is 25.0 Å². The molecule has 0 spiro atoms. The third-order valence-corrected chi connectivity index (χ3v) is 3.33. The van der Waals surface area contributed by atoms with Crippen LogP contribution in [0.25, 0.3) is 0 Å². The molecule has 0 unspecified atom stereocenters. The Bertz CT molecular complexity index is 483. The molecule has 9 heteroatoms. The second-order valence-corrected chi connectivity index (χ2v) is 6.03. The fraction of sp³-hybridized carbons (Fsp3) is 0.500. The summed E-state index contributed by atoms with van der Waals surface area (Å²) in [6.07, 6.45) is 1.06. The van der Waals surface area contributed by atoms with Crippen LogP contribution < -0.4 is 15.8 Å². The first kappa shape index (κ1) is 14.0. The molecule has 0 bridgehead atoms. The largest absolute Gasteiger partial charge is 0.349 e. The predicted octanol–water partition coefficient (Wildman–Crippen LogP) is -1.12. The highest BCUT2D eigenvalue weighted by atomic mass is 32.2. The van der Waals surface area contributed by atoms with Crippen molar-refractivity contribution in [3.05, 3.63) is 16.1 Å². The van der Waals surface area contributed by atoms with Gasteiger partial charge in [-0.2, -0.15) is 0 Å². The summed E-state index contributed by atoms with van der Waals surface area (Å²) in [5.41, 5.74) is 5.67. The molecule has 96 valence electrons. The smallest absolute Gasteiger partial charge is 0.270 e. The second kappa shape index (κ2) is 6.05. The van der Waals surface area contributed by atoms with Crippen LogP contribution in [-0.2, 0) is 16.6 Å². The summed E-state index contributed by atoms with van der Waals surface area (Å²) in [6.45, 7) is 0.660. The van der Waals surface area contributed by atoms with Crippen LogP contribution in [0.15, 0.2) is 5.38 Å². The van der Waals surface area contributed by atoms with E-state index >= 15 is 0 Å². The molecule has 0 saturated carbocycles. The number of carbonyl (C=O) groups excluding carboxylic acids is 1. The van der Waals surface area contributed by atoms with Crippen molar-refractivity contribution < 1.29 is 13.2 Å². The van der Waals surface area contributed by atoms with Crippen LogP contribution in [0.3, 0.4) is 0 Å². The Kier molecular flexibility index (Phi) is 5.00. The van der Waals surface area contributed by atoms with Gasteiger partial charge in [-0.05, 0) is 0 Å². The van der Waals surface area contributed by atoms with E-state index in [4.69, 9.17) is 5.73 Å². The summed E-state index contributed by atoms with van der Waals surface area (Å²) in [5.74, 6) is -0.337. The number of hydrogen-bond donors (Lipinski definition) is 3. The lowest BCUT2D eigenvalue weighted by atomic mass is 10.4. The minimum absolute atomic E-state index is 0.151. The van der Waals surface area contributed by atoms with Crippen molar-refractivity contribution in [3.8, 4) is 0 Å². The van der Waals surface area contributed by atoms with Crippen LogP contribution >= 0.6 is 11.3 Å². The Hall–Kier alpha value is -1.03. The number of nitrogens with two attached hydrogens (primary N) is 1. The highest BCUT2D eigenvalue weighted by molar-refractivity contribution is 7.88. The van der Waals surface area contributed by atoms with Crippen LogP contribution in [0, 0.1) is 0 Å². The number of rotatable bonds is 6. The van der Waals surface area contributed by atoms with E-state index in [1.165, 1.54) is 11.3 Å². The van der Waals surface area contributed by atoms with E-state index in [9.17, 15) is 13.2 Å². The zero-order valence-corrected chi connectivity index (χ0v) is 10.9. The molecular weight excluding hydrogens is 264 g/mol. The summed E-state index contributed by atoms with van der Waals surface area (Å²) < 4.78 is 23.7. The number of thiazole rings is 1. The van der Waals surface area contributed by atoms with Crippen LogP contribution in [0.4, 0.5) is 0 Å². The van der Waals surface area contributed by atoms with Gasteiger partial charge in [-0.15, -0.1) is 11.3 Å². The van der Waals surface area contributed by atoms with Gasteiger partial charge in [-0.25, -0.2) is 18.1 Å². The quantitative estimate of drug-likeness (QED) is 0.570. The molecule has 0 aliphatic heterocycles. The van der Waals surface area contributed by atoms with Crippen molar-refractivity contribution in [1.29, 1.82) is 0 Å². The number of sulfonamides is 1. The molecule has 0 aliphatic rings. The first-order valence-electron chi connectivity index (χ1n) is 4.79. The average molecular weight is 278 g/mol. The van der Waals surface area contributed by atoms with Crippen molar-refractivity contribution in [2.75, 3.05) is 19.3 Å². The Labute approximate surface area is 103 Å². The Morgan fingerprint density at radius 3 is 2.76 bits per heavy atom. The molecule has 1 rings (SSSR count). The zero-order chi connectivity index (χ0) is 12.9. The van der Waals surface area contributed by atoms with E-state index < -0.39 is 10.0 Å². The molecule has 0 fully saturated rings. The average Bonchev–Trinajstić information content (AvgIpc) is 2.71. The van der Waals surface area contributed by atoms with E-state index in [0.29, 0.717) is 17.2 Å². The van der Waals surface area contributed by atoms with E-state index in [0.717, 1.165) is 6.26 Å². The molecule has 1 amide bonds. The summed E-state index contributed by atoms with van der Waals surface area (Å²) in [5, 5.41) is 4.84. The van der Waals surface area contributed by atoms with E-state index in [1.54, 1.807) is 5.38 Å². The highest BCUT2D eigenvalue weighted by Crippen LogP contribution is 2.08. The lowest BCUT2D eigenvalue weighted by Gasteiger charge is -2.03. The van der Waals surface area contributed by atoms with Crippen molar-refractivity contribution in [2.45, 2.75) is 6.54 Å². The monoisotopic (exact) mass is 278 g/mol. The molecule has 7 nitrogen and oxygen atoms in total. The summed E-state index contributed by atoms with van der Waals surface area (Å²) in [7, 11) is -3.22. The van der Waals surface area contributed by atoms with Gasteiger partial charge in [0.2, 0.25) is 10.0 Å². The highest BCUT2D eigenvalue weighted by Gasteiger charge is 2.09. The van der Waals surface area contributed by atoms with Crippen molar-refractivity contribution in [2.24, 2.45) is 5.73 Å². The molecule has 17 heavy (non-hydrogen) atoms. The topological polar surface area (TPSA) is 114 Å². The van der Waals surface area contributed by atoms with Gasteiger partial charge < -0.3 is 11.1 Å². The minimum Gasteiger partial charge on any atom is -0.349 e. The van der Waals surface area contributed by atoms with Crippen molar-refractivity contribution in [3.63, 3.8) is 0 Å². The molecule has 4 N–H and O–H groups in total. The molecule has 1 heterocycles. The fourth-order valence-corrected chi connectivity index (χ4v) is 2.14. The predicted molar refractivity (Wildman–Crippen MR) is 65.2 cm³/mol. The molecule has 0 radical (unpaired) electrons. The third-order valence-electron chi connectivity index (χ3n) is 1.73. The first-order chi connectivity index (χ1) is 7.92. The number of nitrogens with zero attached hydrogens (tertiary/aromatic N) is 1. The zero-order valence-electron chi connectivity index (χ0n) is 9.26. The minimum atomic E-state index is -3.22. The maximum absolute atomic E-state index is 11.5. The second-order valence-electron chi connectivity index (χ2n) is 3.25. The van der Waals surface area contributed by atoms with Gasteiger partial charge >= 0.3 is 0 Å². The van der Waals surface area contributed by atoms with Gasteiger partial charge in [-0.3, -0.25) is 4.79 Å². The first-order valence-corrected chi connectivity index (χ1v) is 7.57. The molecule has 0 aromatic carbocycles. The Morgan fingerprint density at radius 2 is 2.24 bits per heavy atom. The molecule has 0 saturated heterocycles. The maximum atomic E-state index is 11.5. The molecular formula is C8H14N4O3S2. The van der Waals surface area contributed by atoms with Gasteiger partial charge in [0.15, 0.2) is 0 Å². The van der Waals surface area contributed by atoms with Crippen molar-refractivity contribution in [1.82, 2.24) is 15.0 Å². The van der Waals surface area contributed by atoms with Gasteiger partial charge in [0.05, 0.1) is 6.26 Å². The lowest BCUT2D eigenvalue weighted by Crippen LogP contribution is -2.34. The van der Waals surface area contributed by atoms with Gasteiger partial charge in [-0.1, -0.05) is 0 Å². The molecule has 0 atom stereocenters. The summed E-state index contributed by atoms with van der Waals surface area (Å²) in [4.78, 5) is 15.5. The summed E-state index contributed by atoms with van der Waals surface area (Å²) >= 11 is 1.31. The van der Waals surface area contributed by atoms with Gasteiger partial charge in [0.1, 0.15) is 10.7 Å².